The molecule has 8 heteroatoms. The fourth-order valence-electron chi connectivity index (χ4n) is 3.84. The molecule has 0 aliphatic carbocycles. The molecule has 0 saturated heterocycles. The third-order valence-corrected chi connectivity index (χ3v) is 5.79. The predicted molar refractivity (Wildman–Crippen MR) is 139 cm³/mol. The van der Waals surface area contributed by atoms with E-state index in [-0.39, 0.29) is 6.61 Å². The van der Waals surface area contributed by atoms with E-state index in [1.54, 1.807) is 13.1 Å². The maximum Gasteiger partial charge on any atom is 0.122 e. The minimum atomic E-state index is -1.24. The molecule has 1 aliphatic rings. The zero-order chi connectivity index (χ0) is 24.7. The third-order valence-electron chi connectivity index (χ3n) is 5.79. The van der Waals surface area contributed by atoms with Crippen LogP contribution in [0.1, 0.15) is 31.4 Å². The first kappa shape index (κ1) is 25.8. The largest absolute Gasteiger partial charge is 0.510 e. The van der Waals surface area contributed by atoms with E-state index in [4.69, 9.17) is 26.2 Å². The zero-order valence-corrected chi connectivity index (χ0v) is 19.8. The van der Waals surface area contributed by atoms with E-state index in [1.165, 1.54) is 0 Å². The lowest BCUT2D eigenvalue weighted by Crippen LogP contribution is -2.40. The van der Waals surface area contributed by atoms with Crippen LogP contribution in [0.5, 0.6) is 5.75 Å². The van der Waals surface area contributed by atoms with E-state index in [0.717, 1.165) is 40.9 Å². The second-order valence-electron chi connectivity index (χ2n) is 8.76. The lowest BCUT2D eigenvalue weighted by Gasteiger charge is -2.34. The molecule has 1 atom stereocenters. The van der Waals surface area contributed by atoms with Gasteiger partial charge in [0, 0.05) is 48.6 Å². The van der Waals surface area contributed by atoms with Crippen molar-refractivity contribution in [3.8, 4) is 5.75 Å². The molecule has 0 aromatic heterocycles. The van der Waals surface area contributed by atoms with Crippen molar-refractivity contribution in [2.24, 2.45) is 10.7 Å². The zero-order valence-electron chi connectivity index (χ0n) is 19.8. The highest BCUT2D eigenvalue weighted by atomic mass is 16.5. The number of benzene rings is 2. The maximum atomic E-state index is 10.5. The lowest BCUT2D eigenvalue weighted by atomic mass is 9.82. The van der Waals surface area contributed by atoms with Crippen LogP contribution in [0.2, 0.25) is 0 Å². The van der Waals surface area contributed by atoms with Crippen molar-refractivity contribution in [2.45, 2.75) is 38.3 Å². The van der Waals surface area contributed by atoms with E-state index < -0.39 is 11.5 Å². The molecule has 4 N–H and O–H groups in total. The van der Waals surface area contributed by atoms with Gasteiger partial charge in [0.1, 0.15) is 27.0 Å². The van der Waals surface area contributed by atoms with Crippen molar-refractivity contribution in [3.63, 3.8) is 0 Å². The minimum absolute atomic E-state index is 0.324. The van der Waals surface area contributed by atoms with E-state index in [1.807, 2.05) is 61.5 Å². The van der Waals surface area contributed by atoms with Gasteiger partial charge in [-0.3, -0.25) is 9.89 Å². The summed E-state index contributed by atoms with van der Waals surface area (Å²) in [7, 11) is 11.5. The predicted octanol–water partition coefficient (Wildman–Crippen LogP) is 2.65. The van der Waals surface area contributed by atoms with Crippen LogP contribution in [-0.2, 0) is 6.54 Å². The summed E-state index contributed by atoms with van der Waals surface area (Å²) < 4.78 is 5.75. The Kier molecular flexibility index (Phi) is 8.78. The summed E-state index contributed by atoms with van der Waals surface area (Å²) in [6, 6.07) is 15.4. The summed E-state index contributed by atoms with van der Waals surface area (Å²) in [5.41, 5.74) is 9.70. The van der Waals surface area contributed by atoms with Gasteiger partial charge in [0.25, 0.3) is 0 Å². The summed E-state index contributed by atoms with van der Waals surface area (Å²) >= 11 is 0. The van der Waals surface area contributed by atoms with E-state index in [9.17, 15) is 10.2 Å². The van der Waals surface area contributed by atoms with Crippen LogP contribution < -0.4 is 10.5 Å². The van der Waals surface area contributed by atoms with E-state index in [0.29, 0.717) is 24.5 Å². The average molecular weight is 455 g/mol. The van der Waals surface area contributed by atoms with Crippen molar-refractivity contribution < 1.29 is 14.9 Å². The second kappa shape index (κ2) is 11.6. The Morgan fingerprint density at radius 2 is 2.00 bits per heavy atom. The Morgan fingerprint density at radius 3 is 2.65 bits per heavy atom. The molecule has 0 fully saturated rings. The van der Waals surface area contributed by atoms with Crippen molar-refractivity contribution in [2.75, 3.05) is 19.7 Å². The molecule has 0 unspecified atom stereocenters. The molecule has 0 amide bonds. The van der Waals surface area contributed by atoms with Crippen molar-refractivity contribution in [1.82, 2.24) is 4.90 Å². The number of nitrogens with zero attached hydrogens (tertiary/aromatic N) is 2. The lowest BCUT2D eigenvalue weighted by molar-refractivity contribution is 0.0247. The molecule has 1 aliphatic heterocycles. The Bertz CT molecular complexity index is 1060. The highest BCUT2D eigenvalue weighted by Gasteiger charge is 2.28. The first-order valence-electron chi connectivity index (χ1n) is 11.3. The number of nitrogens with two attached hydrogens (primary N) is 1. The van der Waals surface area contributed by atoms with Gasteiger partial charge in [-0.15, -0.1) is 0 Å². The van der Waals surface area contributed by atoms with Gasteiger partial charge in [-0.2, -0.15) is 0 Å². The van der Waals surface area contributed by atoms with Crippen LogP contribution in [0.3, 0.4) is 0 Å². The van der Waals surface area contributed by atoms with E-state index >= 15 is 0 Å². The summed E-state index contributed by atoms with van der Waals surface area (Å²) in [5.74, 6) is -0.422. The van der Waals surface area contributed by atoms with Gasteiger partial charge in [-0.25, -0.2) is 0 Å². The van der Waals surface area contributed by atoms with Crippen LogP contribution in [-0.4, -0.2) is 68.2 Å². The molecule has 3 rings (SSSR count). The molecule has 0 spiro atoms. The molecule has 0 saturated carbocycles. The molecular formula is C26H31B2N3O3. The van der Waals surface area contributed by atoms with Crippen LogP contribution in [0.4, 0.5) is 5.69 Å². The van der Waals surface area contributed by atoms with Crippen LogP contribution in [0, 0.1) is 0 Å². The summed E-state index contributed by atoms with van der Waals surface area (Å²) in [4.78, 5) is 6.72. The minimum Gasteiger partial charge on any atom is -0.510 e. The molecule has 2 aromatic carbocycles. The number of rotatable bonds is 9. The molecule has 6 nitrogen and oxygen atoms in total. The van der Waals surface area contributed by atoms with Gasteiger partial charge in [-0.05, 0) is 49.6 Å². The highest BCUT2D eigenvalue weighted by molar-refractivity contribution is 6.34. The van der Waals surface area contributed by atoms with Gasteiger partial charge >= 0.3 is 0 Å². The SMILES string of the molecule is [B]C([B])Oc1cc(/C(C=Nc2ccccc2)=C(\C)N)ccc1CN1CCC=C([C@](C)(O)CO)C1. The van der Waals surface area contributed by atoms with Crippen LogP contribution in [0.25, 0.3) is 5.57 Å². The first-order chi connectivity index (χ1) is 16.2. The quantitative estimate of drug-likeness (QED) is 0.307. The monoisotopic (exact) mass is 455 g/mol. The van der Waals surface area contributed by atoms with Gasteiger partial charge in [0.2, 0.25) is 0 Å². The molecule has 174 valence electrons. The van der Waals surface area contributed by atoms with Crippen LogP contribution in [0.15, 0.2) is 70.9 Å². The number of hydrogen-bond acceptors (Lipinski definition) is 6. The number of aliphatic imine (C=N–C) groups is 1. The molecule has 1 heterocycles. The number of para-hydroxylation sites is 1. The van der Waals surface area contributed by atoms with Crippen molar-refractivity contribution >= 4 is 33.2 Å². The Balaban J connectivity index is 1.87. The number of aliphatic hydroxyl groups excluding tert-OH is 1. The second-order valence-corrected chi connectivity index (χ2v) is 8.76. The average Bonchev–Trinajstić information content (AvgIpc) is 2.81. The number of hydrogen-bond donors (Lipinski definition) is 3. The highest BCUT2D eigenvalue weighted by Crippen LogP contribution is 2.29. The number of allylic oxidation sites excluding steroid dienone is 2. The van der Waals surface area contributed by atoms with Crippen molar-refractivity contribution in [3.05, 3.63) is 77.0 Å². The van der Waals surface area contributed by atoms with Gasteiger partial charge < -0.3 is 20.7 Å². The molecule has 2 aromatic rings. The number of aliphatic hydroxyl groups is 2. The standard InChI is InChI=1S/C26H31B2N3O3/c1-18(29)23(14-30-22-8-4-3-5-9-22)19-10-11-20(24(13-19)34-25(27)28)15-31-12-6-7-21(16-31)26(2,33)17-32/h3-5,7-11,13-14,25,32-33H,6,12,15-17,29H2,1-2H3/b23-18+,30-14?/t26-/m1/s1. The summed E-state index contributed by atoms with van der Waals surface area (Å²) in [5, 5.41) is 20.0. The fourth-order valence-corrected chi connectivity index (χ4v) is 3.84. The van der Waals surface area contributed by atoms with Crippen molar-refractivity contribution in [1.29, 1.82) is 0 Å². The van der Waals surface area contributed by atoms with E-state index in [2.05, 4.69) is 9.89 Å². The maximum absolute atomic E-state index is 10.5. The smallest absolute Gasteiger partial charge is 0.122 e. The molecule has 34 heavy (non-hydrogen) atoms. The normalized spacial score (nSPS) is 17.4. The Labute approximate surface area is 204 Å². The Hall–Kier alpha value is -2.80. The van der Waals surface area contributed by atoms with Gasteiger partial charge in [0.05, 0.1) is 12.3 Å². The Morgan fingerprint density at radius 1 is 1.26 bits per heavy atom. The topological polar surface area (TPSA) is 91.3 Å². The van der Waals surface area contributed by atoms with Gasteiger partial charge in [0.15, 0.2) is 0 Å². The third kappa shape index (κ3) is 6.86. The number of ether oxygens (including phenoxy) is 1. The summed E-state index contributed by atoms with van der Waals surface area (Å²) in [6.45, 7) is 5.05. The first-order valence-corrected chi connectivity index (χ1v) is 11.3. The molecular weight excluding hydrogens is 424 g/mol. The van der Waals surface area contributed by atoms with Gasteiger partial charge in [-0.1, -0.05) is 36.4 Å². The fraction of sp³-hybridized carbons (Fsp3) is 0.346. The molecule has 4 radical (unpaired) electrons. The summed E-state index contributed by atoms with van der Waals surface area (Å²) in [6.07, 6.45) is 4.52. The van der Waals surface area contributed by atoms with Crippen LogP contribution >= 0.6 is 0 Å². The molecule has 0 bridgehead atoms.